The van der Waals surface area contributed by atoms with Crippen LogP contribution in [0.25, 0.3) is 0 Å². The normalized spacial score (nSPS) is 20.7. The van der Waals surface area contributed by atoms with Crippen LogP contribution in [-0.2, 0) is 0 Å². The minimum Gasteiger partial charge on any atom is -0.464 e. The molecule has 0 saturated carbocycles. The van der Waals surface area contributed by atoms with Gasteiger partial charge < -0.3 is 9.15 Å². The molecule has 4 nitrogen and oxygen atoms in total. The van der Waals surface area contributed by atoms with Gasteiger partial charge in [-0.1, -0.05) is 45.7 Å². The highest BCUT2D eigenvalue weighted by atomic mass is 79.9. The molecule has 0 unspecified atom stereocenters. The molecule has 2 aromatic carbocycles. The first-order valence-electron chi connectivity index (χ1n) is 8.73. The van der Waals surface area contributed by atoms with Crippen molar-refractivity contribution in [3.63, 3.8) is 0 Å². The molecule has 0 radical (unpaired) electrons. The van der Waals surface area contributed by atoms with E-state index in [0.717, 1.165) is 45.0 Å². The van der Waals surface area contributed by atoms with Crippen LogP contribution >= 0.6 is 27.5 Å². The van der Waals surface area contributed by atoms with Gasteiger partial charge in [0.05, 0.1) is 6.04 Å². The van der Waals surface area contributed by atoms with Crippen molar-refractivity contribution in [1.82, 2.24) is 5.01 Å². The van der Waals surface area contributed by atoms with E-state index in [1.807, 2.05) is 60.5 Å². The smallest absolute Gasteiger partial charge is 0.215 e. The second-order valence-electron chi connectivity index (χ2n) is 6.73. The molecule has 6 heteroatoms. The van der Waals surface area contributed by atoms with Crippen molar-refractivity contribution in [1.29, 1.82) is 0 Å². The second-order valence-corrected chi connectivity index (χ2v) is 8.05. The quantitative estimate of drug-likeness (QED) is 0.470. The Hall–Kier alpha value is -2.24. The number of hydrazone groups is 1. The maximum Gasteiger partial charge on any atom is 0.215 e. The molecule has 5 rings (SSSR count). The maximum atomic E-state index is 6.48. The molecule has 0 amide bonds. The zero-order valence-corrected chi connectivity index (χ0v) is 16.9. The van der Waals surface area contributed by atoms with E-state index in [9.17, 15) is 0 Å². The van der Waals surface area contributed by atoms with E-state index in [1.54, 1.807) is 0 Å². The monoisotopic (exact) mass is 442 g/mol. The van der Waals surface area contributed by atoms with Crippen LogP contribution in [0.15, 0.2) is 68.6 Å². The fraction of sp³-hybridized carbons (Fsp3) is 0.190. The number of rotatable bonds is 2. The number of furan rings is 1. The molecule has 136 valence electrons. The molecule has 0 fully saturated rings. The SMILES string of the molecule is Cc1ccc(C2=NN3[C@H](C2)c2cc(Br)ccc2O[C@H]3c2ccccc2Cl)o1. The van der Waals surface area contributed by atoms with Crippen LogP contribution in [0.4, 0.5) is 0 Å². The highest BCUT2D eigenvalue weighted by molar-refractivity contribution is 9.10. The van der Waals surface area contributed by atoms with Gasteiger partial charge in [0.15, 0.2) is 0 Å². The molecule has 0 bridgehead atoms. The number of benzene rings is 2. The van der Waals surface area contributed by atoms with E-state index in [2.05, 4.69) is 22.0 Å². The standard InChI is InChI=1S/C21H16BrClN2O2/c1-12-6-8-20(26-12)17-11-18-15-10-13(22)7-9-19(15)27-21(25(18)24-17)14-4-2-3-5-16(14)23/h2-10,18,21H,11H2,1H3/t18-,21+/m1/s1. The molecule has 2 atom stereocenters. The van der Waals surface area contributed by atoms with Gasteiger partial charge in [-0.3, -0.25) is 0 Å². The van der Waals surface area contributed by atoms with Crippen molar-refractivity contribution < 1.29 is 9.15 Å². The van der Waals surface area contributed by atoms with Gasteiger partial charge >= 0.3 is 0 Å². The average molecular weight is 444 g/mol. The summed E-state index contributed by atoms with van der Waals surface area (Å²) < 4.78 is 13.2. The van der Waals surface area contributed by atoms with E-state index < -0.39 is 0 Å². The van der Waals surface area contributed by atoms with Crippen LogP contribution < -0.4 is 4.74 Å². The number of hydrogen-bond donors (Lipinski definition) is 0. The van der Waals surface area contributed by atoms with Gasteiger partial charge in [0, 0.05) is 27.0 Å². The maximum absolute atomic E-state index is 6.48. The molecule has 2 aliphatic rings. The van der Waals surface area contributed by atoms with Crippen molar-refractivity contribution in [2.45, 2.75) is 25.6 Å². The molecule has 0 spiro atoms. The van der Waals surface area contributed by atoms with Gasteiger partial charge in [0.2, 0.25) is 6.23 Å². The zero-order valence-electron chi connectivity index (χ0n) is 14.5. The van der Waals surface area contributed by atoms with Crippen molar-refractivity contribution in [3.8, 4) is 5.75 Å². The van der Waals surface area contributed by atoms with Crippen molar-refractivity contribution in [2.24, 2.45) is 5.10 Å². The van der Waals surface area contributed by atoms with Crippen molar-refractivity contribution in [2.75, 3.05) is 0 Å². The molecular weight excluding hydrogens is 428 g/mol. The molecular formula is C21H16BrClN2O2. The minimum absolute atomic E-state index is 0.0629. The summed E-state index contributed by atoms with van der Waals surface area (Å²) in [5.74, 6) is 2.53. The van der Waals surface area contributed by atoms with Crippen LogP contribution in [0.1, 0.15) is 41.3 Å². The average Bonchev–Trinajstić information content (AvgIpc) is 3.28. The predicted molar refractivity (Wildman–Crippen MR) is 108 cm³/mol. The molecule has 0 N–H and O–H groups in total. The first-order valence-corrected chi connectivity index (χ1v) is 9.90. The summed E-state index contributed by atoms with van der Waals surface area (Å²) in [5, 5.41) is 7.55. The molecule has 1 aromatic heterocycles. The molecule has 0 aliphatic carbocycles. The Morgan fingerprint density at radius 3 is 2.74 bits per heavy atom. The Balaban J connectivity index is 1.63. The molecule has 0 saturated heterocycles. The summed E-state index contributed by atoms with van der Waals surface area (Å²) in [5.41, 5.74) is 2.93. The molecule has 27 heavy (non-hydrogen) atoms. The van der Waals surface area contributed by atoms with E-state index in [0.29, 0.717) is 5.02 Å². The minimum atomic E-state index is -0.383. The third-order valence-corrected chi connectivity index (χ3v) is 5.79. The van der Waals surface area contributed by atoms with Gasteiger partial charge in [-0.2, -0.15) is 5.10 Å². The summed E-state index contributed by atoms with van der Waals surface area (Å²) in [6.45, 7) is 1.94. The molecule has 2 aliphatic heterocycles. The van der Waals surface area contributed by atoms with Crippen molar-refractivity contribution >= 4 is 33.2 Å². The molecule has 3 heterocycles. The second kappa shape index (κ2) is 6.43. The van der Waals surface area contributed by atoms with Gasteiger partial charge in [0.25, 0.3) is 0 Å². The van der Waals surface area contributed by atoms with E-state index in [4.69, 9.17) is 25.9 Å². The number of nitrogens with zero attached hydrogens (tertiary/aromatic N) is 2. The van der Waals surface area contributed by atoms with E-state index >= 15 is 0 Å². The number of aryl methyl sites for hydroxylation is 1. The van der Waals surface area contributed by atoms with Gasteiger partial charge in [0.1, 0.15) is 23.0 Å². The van der Waals surface area contributed by atoms with Crippen LogP contribution in [0.2, 0.25) is 5.02 Å². The van der Waals surface area contributed by atoms with Crippen LogP contribution in [0.5, 0.6) is 5.75 Å². The summed E-state index contributed by atoms with van der Waals surface area (Å²) >= 11 is 10.0. The number of ether oxygens (including phenoxy) is 1. The Kier molecular flexibility index (Phi) is 4.02. The first kappa shape index (κ1) is 16.9. The predicted octanol–water partition coefficient (Wildman–Crippen LogP) is 6.25. The molecule has 3 aromatic rings. The van der Waals surface area contributed by atoms with Gasteiger partial charge in [-0.15, -0.1) is 0 Å². The first-order chi connectivity index (χ1) is 13.1. The summed E-state index contributed by atoms with van der Waals surface area (Å²) in [4.78, 5) is 0. The van der Waals surface area contributed by atoms with Crippen molar-refractivity contribution in [3.05, 3.63) is 86.7 Å². The van der Waals surface area contributed by atoms with Crippen LogP contribution in [0.3, 0.4) is 0 Å². The zero-order chi connectivity index (χ0) is 18.5. The highest BCUT2D eigenvalue weighted by Gasteiger charge is 2.42. The number of hydrogen-bond acceptors (Lipinski definition) is 4. The lowest BCUT2D eigenvalue weighted by molar-refractivity contribution is -0.0190. The van der Waals surface area contributed by atoms with Crippen LogP contribution in [-0.4, -0.2) is 10.7 Å². The van der Waals surface area contributed by atoms with Gasteiger partial charge in [-0.05, 0) is 43.3 Å². The Bertz CT molecular complexity index is 1060. The fourth-order valence-electron chi connectivity index (χ4n) is 3.68. The van der Waals surface area contributed by atoms with E-state index in [1.165, 1.54) is 0 Å². The number of halogens is 2. The Morgan fingerprint density at radius 1 is 1.11 bits per heavy atom. The number of fused-ring (bicyclic) bond motifs is 3. The third-order valence-electron chi connectivity index (χ3n) is 4.95. The fourth-order valence-corrected chi connectivity index (χ4v) is 4.28. The van der Waals surface area contributed by atoms with Gasteiger partial charge in [-0.25, -0.2) is 5.01 Å². The highest BCUT2D eigenvalue weighted by Crippen LogP contribution is 2.49. The lowest BCUT2D eigenvalue weighted by atomic mass is 9.97. The third kappa shape index (κ3) is 2.86. The summed E-state index contributed by atoms with van der Waals surface area (Å²) in [6, 6.07) is 17.8. The lowest BCUT2D eigenvalue weighted by Crippen LogP contribution is -2.33. The van der Waals surface area contributed by atoms with E-state index in [-0.39, 0.29) is 12.3 Å². The summed E-state index contributed by atoms with van der Waals surface area (Å²) in [7, 11) is 0. The lowest BCUT2D eigenvalue weighted by Gasteiger charge is -2.38. The topological polar surface area (TPSA) is 38.0 Å². The Labute approximate surface area is 170 Å². The summed E-state index contributed by atoms with van der Waals surface area (Å²) in [6.07, 6.45) is 0.367. The Morgan fingerprint density at radius 2 is 1.96 bits per heavy atom. The van der Waals surface area contributed by atoms with Crippen LogP contribution in [0, 0.1) is 6.92 Å². The largest absolute Gasteiger partial charge is 0.464 e.